The first kappa shape index (κ1) is 21.7. The van der Waals surface area contributed by atoms with Crippen LogP contribution in [0.15, 0.2) is 54.6 Å². The van der Waals surface area contributed by atoms with Gasteiger partial charge in [-0.3, -0.25) is 9.59 Å². The SMILES string of the molecule is CC(C)CNC(=O)c1ccccc1N1CCC(NC(=O)COc2ccccc2)CC1. The van der Waals surface area contributed by atoms with Crippen molar-refractivity contribution in [2.24, 2.45) is 5.92 Å². The van der Waals surface area contributed by atoms with E-state index in [9.17, 15) is 9.59 Å². The Bertz CT molecular complexity index is 831. The van der Waals surface area contributed by atoms with Gasteiger partial charge in [0, 0.05) is 31.4 Å². The molecule has 1 fully saturated rings. The highest BCUT2D eigenvalue weighted by Crippen LogP contribution is 2.24. The van der Waals surface area contributed by atoms with Gasteiger partial charge in [-0.05, 0) is 43.0 Å². The van der Waals surface area contributed by atoms with Crippen LogP contribution < -0.4 is 20.3 Å². The molecule has 0 aliphatic carbocycles. The number of para-hydroxylation sites is 2. The number of anilines is 1. The summed E-state index contributed by atoms with van der Waals surface area (Å²) in [5, 5.41) is 6.07. The molecule has 0 atom stereocenters. The zero-order chi connectivity index (χ0) is 21.3. The van der Waals surface area contributed by atoms with Gasteiger partial charge in [0.25, 0.3) is 11.8 Å². The molecule has 0 unspecified atom stereocenters. The first-order valence-electron chi connectivity index (χ1n) is 10.6. The van der Waals surface area contributed by atoms with Crippen molar-refractivity contribution in [3.8, 4) is 5.75 Å². The van der Waals surface area contributed by atoms with E-state index in [0.717, 1.165) is 31.6 Å². The third-order valence-corrected chi connectivity index (χ3v) is 5.13. The molecular formula is C24H31N3O3. The molecule has 3 rings (SSSR count). The molecule has 30 heavy (non-hydrogen) atoms. The van der Waals surface area contributed by atoms with Crippen LogP contribution in [0.5, 0.6) is 5.75 Å². The molecule has 0 bridgehead atoms. The topological polar surface area (TPSA) is 70.7 Å². The lowest BCUT2D eigenvalue weighted by molar-refractivity contribution is -0.123. The highest BCUT2D eigenvalue weighted by molar-refractivity contribution is 5.99. The van der Waals surface area contributed by atoms with Crippen LogP contribution >= 0.6 is 0 Å². The number of ether oxygens (including phenoxy) is 1. The van der Waals surface area contributed by atoms with Gasteiger partial charge >= 0.3 is 0 Å². The highest BCUT2D eigenvalue weighted by Gasteiger charge is 2.23. The van der Waals surface area contributed by atoms with Gasteiger partial charge in [0.1, 0.15) is 5.75 Å². The molecular weight excluding hydrogens is 378 g/mol. The zero-order valence-electron chi connectivity index (χ0n) is 17.8. The van der Waals surface area contributed by atoms with E-state index in [4.69, 9.17) is 4.74 Å². The molecule has 1 saturated heterocycles. The number of carbonyl (C=O) groups is 2. The Labute approximate surface area is 178 Å². The van der Waals surface area contributed by atoms with Crippen LogP contribution in [0, 0.1) is 5.92 Å². The maximum absolute atomic E-state index is 12.6. The molecule has 1 aliphatic rings. The minimum absolute atomic E-state index is 0.0169. The second-order valence-electron chi connectivity index (χ2n) is 8.05. The number of piperidine rings is 1. The Morgan fingerprint density at radius 2 is 1.70 bits per heavy atom. The lowest BCUT2D eigenvalue weighted by Gasteiger charge is -2.34. The van der Waals surface area contributed by atoms with Gasteiger partial charge in [0.15, 0.2) is 6.61 Å². The van der Waals surface area contributed by atoms with Gasteiger partial charge in [-0.25, -0.2) is 0 Å². The van der Waals surface area contributed by atoms with E-state index in [1.54, 1.807) is 0 Å². The monoisotopic (exact) mass is 409 g/mol. The number of hydrogen-bond acceptors (Lipinski definition) is 4. The number of nitrogens with zero attached hydrogens (tertiary/aromatic N) is 1. The summed E-state index contributed by atoms with van der Waals surface area (Å²) in [4.78, 5) is 27.0. The van der Waals surface area contributed by atoms with E-state index >= 15 is 0 Å². The van der Waals surface area contributed by atoms with Gasteiger partial charge in [-0.1, -0.05) is 44.2 Å². The van der Waals surface area contributed by atoms with Gasteiger partial charge in [-0.2, -0.15) is 0 Å². The summed E-state index contributed by atoms with van der Waals surface area (Å²) in [6.45, 7) is 6.42. The normalized spacial score (nSPS) is 14.4. The van der Waals surface area contributed by atoms with Gasteiger partial charge in [0.2, 0.25) is 0 Å². The average Bonchev–Trinajstić information content (AvgIpc) is 2.77. The van der Waals surface area contributed by atoms with Crippen molar-refractivity contribution in [3.05, 3.63) is 60.2 Å². The molecule has 0 radical (unpaired) electrons. The minimum Gasteiger partial charge on any atom is -0.484 e. The Balaban J connectivity index is 1.49. The molecule has 1 aliphatic heterocycles. The van der Waals surface area contributed by atoms with E-state index in [-0.39, 0.29) is 24.5 Å². The van der Waals surface area contributed by atoms with Crippen LogP contribution in [0.2, 0.25) is 0 Å². The van der Waals surface area contributed by atoms with Crippen molar-refractivity contribution in [2.75, 3.05) is 31.1 Å². The van der Waals surface area contributed by atoms with E-state index in [2.05, 4.69) is 29.4 Å². The first-order valence-corrected chi connectivity index (χ1v) is 10.6. The lowest BCUT2D eigenvalue weighted by atomic mass is 10.0. The third-order valence-electron chi connectivity index (χ3n) is 5.13. The zero-order valence-corrected chi connectivity index (χ0v) is 17.8. The maximum atomic E-state index is 12.6. The van der Waals surface area contributed by atoms with Crippen molar-refractivity contribution < 1.29 is 14.3 Å². The van der Waals surface area contributed by atoms with Gasteiger partial charge in [0.05, 0.1) is 5.56 Å². The first-order chi connectivity index (χ1) is 14.5. The maximum Gasteiger partial charge on any atom is 0.258 e. The summed E-state index contributed by atoms with van der Waals surface area (Å²) in [7, 11) is 0. The second kappa shape index (κ2) is 10.7. The average molecular weight is 410 g/mol. The summed E-state index contributed by atoms with van der Waals surface area (Å²) >= 11 is 0. The van der Waals surface area contributed by atoms with Crippen LogP contribution in [-0.4, -0.2) is 44.1 Å². The van der Waals surface area contributed by atoms with Crippen LogP contribution in [0.25, 0.3) is 0 Å². The fraction of sp³-hybridized carbons (Fsp3) is 0.417. The molecule has 6 nitrogen and oxygen atoms in total. The number of benzene rings is 2. The summed E-state index contributed by atoms with van der Waals surface area (Å²) in [5.74, 6) is 0.958. The Kier molecular flexibility index (Phi) is 7.71. The second-order valence-corrected chi connectivity index (χ2v) is 8.05. The quantitative estimate of drug-likeness (QED) is 0.702. The highest BCUT2D eigenvalue weighted by atomic mass is 16.5. The largest absolute Gasteiger partial charge is 0.484 e. The predicted octanol–water partition coefficient (Wildman–Crippen LogP) is 3.24. The van der Waals surface area contributed by atoms with Gasteiger partial charge in [-0.15, -0.1) is 0 Å². The molecule has 0 saturated carbocycles. The molecule has 0 spiro atoms. The lowest BCUT2D eigenvalue weighted by Crippen LogP contribution is -2.46. The molecule has 2 N–H and O–H groups in total. The molecule has 2 aromatic carbocycles. The Morgan fingerprint density at radius 3 is 2.40 bits per heavy atom. The molecule has 6 heteroatoms. The van der Waals surface area contributed by atoms with E-state index < -0.39 is 0 Å². The number of rotatable bonds is 8. The number of hydrogen-bond donors (Lipinski definition) is 2. The fourth-order valence-corrected chi connectivity index (χ4v) is 3.53. The van der Waals surface area contributed by atoms with Crippen LogP contribution in [-0.2, 0) is 4.79 Å². The fourth-order valence-electron chi connectivity index (χ4n) is 3.53. The van der Waals surface area contributed by atoms with Crippen molar-refractivity contribution in [1.82, 2.24) is 10.6 Å². The molecule has 2 aromatic rings. The van der Waals surface area contributed by atoms with Crippen molar-refractivity contribution >= 4 is 17.5 Å². The summed E-state index contributed by atoms with van der Waals surface area (Å²) in [6.07, 6.45) is 1.66. The number of nitrogens with one attached hydrogen (secondary N) is 2. The van der Waals surface area contributed by atoms with Gasteiger partial charge < -0.3 is 20.3 Å². The molecule has 1 heterocycles. The standard InChI is InChI=1S/C24H31N3O3/c1-18(2)16-25-24(29)21-10-6-7-11-22(21)27-14-12-19(13-15-27)26-23(28)17-30-20-8-4-3-5-9-20/h3-11,18-19H,12-17H2,1-2H3,(H,25,29)(H,26,28). The summed E-state index contributed by atoms with van der Waals surface area (Å²) in [5.41, 5.74) is 1.66. The minimum atomic E-state index is -0.106. The number of carbonyl (C=O) groups excluding carboxylic acids is 2. The Morgan fingerprint density at radius 1 is 1.03 bits per heavy atom. The van der Waals surface area contributed by atoms with Crippen LogP contribution in [0.1, 0.15) is 37.0 Å². The predicted molar refractivity (Wildman–Crippen MR) is 119 cm³/mol. The van der Waals surface area contributed by atoms with Crippen molar-refractivity contribution in [2.45, 2.75) is 32.7 Å². The van der Waals surface area contributed by atoms with Crippen molar-refractivity contribution in [3.63, 3.8) is 0 Å². The van der Waals surface area contributed by atoms with Crippen molar-refractivity contribution in [1.29, 1.82) is 0 Å². The summed E-state index contributed by atoms with van der Waals surface area (Å²) in [6, 6.07) is 17.2. The molecule has 2 amide bonds. The Hall–Kier alpha value is -3.02. The van der Waals surface area contributed by atoms with Crippen LogP contribution in [0.3, 0.4) is 0 Å². The summed E-state index contributed by atoms with van der Waals surface area (Å²) < 4.78 is 5.51. The number of amides is 2. The third kappa shape index (κ3) is 6.24. The molecule has 0 aromatic heterocycles. The van der Waals surface area contributed by atoms with E-state index in [1.165, 1.54) is 0 Å². The van der Waals surface area contributed by atoms with E-state index in [0.29, 0.717) is 23.8 Å². The molecule has 160 valence electrons. The van der Waals surface area contributed by atoms with Crippen LogP contribution in [0.4, 0.5) is 5.69 Å². The van der Waals surface area contributed by atoms with E-state index in [1.807, 2.05) is 54.6 Å². The smallest absolute Gasteiger partial charge is 0.258 e.